The highest BCUT2D eigenvalue weighted by Gasteiger charge is 2.07. The lowest BCUT2D eigenvalue weighted by molar-refractivity contribution is 0.168. The third-order valence-electron chi connectivity index (χ3n) is 4.49. The van der Waals surface area contributed by atoms with Crippen molar-refractivity contribution in [3.63, 3.8) is 0 Å². The molecule has 28 heavy (non-hydrogen) atoms. The third-order valence-corrected chi connectivity index (χ3v) is 4.49. The van der Waals surface area contributed by atoms with Crippen LogP contribution >= 0.6 is 24.0 Å². The van der Waals surface area contributed by atoms with Crippen LogP contribution in [0.25, 0.3) is 0 Å². The molecule has 0 saturated heterocycles. The highest BCUT2D eigenvalue weighted by Crippen LogP contribution is 2.18. The molecule has 0 saturated carbocycles. The van der Waals surface area contributed by atoms with Crippen molar-refractivity contribution in [2.45, 2.75) is 32.9 Å². The predicted molar refractivity (Wildman–Crippen MR) is 130 cm³/mol. The molecule has 0 radical (unpaired) electrons. The number of aliphatic hydroxyl groups excluding tert-OH is 1. The summed E-state index contributed by atoms with van der Waals surface area (Å²) in [5.41, 5.74) is 4.58. The maximum atomic E-state index is 10.3. The summed E-state index contributed by atoms with van der Waals surface area (Å²) >= 11 is 0. The normalized spacial score (nSPS) is 12.1. The molecule has 1 unspecified atom stereocenters. The van der Waals surface area contributed by atoms with Crippen LogP contribution in [0.3, 0.4) is 0 Å². The Kier molecular flexibility index (Phi) is 10.9. The van der Waals surface area contributed by atoms with Gasteiger partial charge in [-0.05, 0) is 49.1 Å². The second-order valence-corrected chi connectivity index (χ2v) is 6.84. The van der Waals surface area contributed by atoms with Gasteiger partial charge in [0.05, 0.1) is 12.6 Å². The largest absolute Gasteiger partial charge is 0.388 e. The first-order chi connectivity index (χ1) is 13.0. The van der Waals surface area contributed by atoms with Gasteiger partial charge in [-0.2, -0.15) is 0 Å². The molecule has 6 heteroatoms. The molecule has 0 bridgehead atoms. The molecule has 0 spiro atoms. The Morgan fingerprint density at radius 3 is 2.43 bits per heavy atom. The minimum Gasteiger partial charge on any atom is -0.388 e. The third kappa shape index (κ3) is 7.67. The molecule has 3 N–H and O–H groups in total. The Hall–Kier alpha value is -1.80. The van der Waals surface area contributed by atoms with Crippen LogP contribution in [0.2, 0.25) is 0 Å². The zero-order valence-corrected chi connectivity index (χ0v) is 19.6. The number of aliphatic imine (C=N–C) groups is 1. The van der Waals surface area contributed by atoms with Crippen LogP contribution in [0.4, 0.5) is 5.69 Å². The van der Waals surface area contributed by atoms with E-state index in [4.69, 9.17) is 0 Å². The van der Waals surface area contributed by atoms with Crippen LogP contribution in [0.1, 0.15) is 36.1 Å². The number of benzene rings is 2. The van der Waals surface area contributed by atoms with Crippen molar-refractivity contribution < 1.29 is 5.11 Å². The summed E-state index contributed by atoms with van der Waals surface area (Å²) in [6, 6.07) is 16.2. The van der Waals surface area contributed by atoms with Gasteiger partial charge in [-0.25, -0.2) is 4.99 Å². The first kappa shape index (κ1) is 24.2. The summed E-state index contributed by atoms with van der Waals surface area (Å²) in [5.74, 6) is 0.772. The van der Waals surface area contributed by atoms with Crippen molar-refractivity contribution in [1.82, 2.24) is 10.6 Å². The number of guanidine groups is 1. The zero-order chi connectivity index (χ0) is 19.6. The molecule has 2 rings (SSSR count). The molecular formula is C22H33IN4O. The number of hydrogen-bond donors (Lipinski definition) is 3. The van der Waals surface area contributed by atoms with E-state index in [9.17, 15) is 5.11 Å². The minimum atomic E-state index is -0.470. The lowest BCUT2D eigenvalue weighted by atomic mass is 10.1. The summed E-state index contributed by atoms with van der Waals surface area (Å²) in [4.78, 5) is 6.79. The number of hydrogen-bond acceptors (Lipinski definition) is 3. The first-order valence-corrected chi connectivity index (χ1v) is 9.53. The number of nitrogens with zero attached hydrogens (tertiary/aromatic N) is 2. The molecule has 1 atom stereocenters. The first-order valence-electron chi connectivity index (χ1n) is 9.53. The summed E-state index contributed by atoms with van der Waals surface area (Å²) in [6.07, 6.45) is 0.160. The zero-order valence-electron chi connectivity index (χ0n) is 17.3. The van der Waals surface area contributed by atoms with Gasteiger partial charge in [0.15, 0.2) is 5.96 Å². The summed E-state index contributed by atoms with van der Waals surface area (Å²) in [6.45, 7) is 6.24. The number of aryl methyl sites for hydroxylation is 1. The minimum absolute atomic E-state index is 0. The van der Waals surface area contributed by atoms with Gasteiger partial charge in [-0.1, -0.05) is 36.4 Å². The van der Waals surface area contributed by atoms with Gasteiger partial charge in [0.2, 0.25) is 0 Å². The van der Waals surface area contributed by atoms with E-state index in [1.165, 1.54) is 16.8 Å². The van der Waals surface area contributed by atoms with Crippen molar-refractivity contribution in [2.24, 2.45) is 4.99 Å². The van der Waals surface area contributed by atoms with E-state index in [0.29, 0.717) is 19.5 Å². The van der Waals surface area contributed by atoms with Crippen molar-refractivity contribution in [2.75, 3.05) is 32.1 Å². The van der Waals surface area contributed by atoms with Crippen LogP contribution in [0.15, 0.2) is 53.5 Å². The quantitative estimate of drug-likeness (QED) is 0.295. The molecule has 0 aliphatic carbocycles. The summed E-state index contributed by atoms with van der Waals surface area (Å²) in [5, 5.41) is 16.8. The molecule has 0 heterocycles. The van der Waals surface area contributed by atoms with Crippen molar-refractivity contribution in [1.29, 1.82) is 0 Å². The Balaban J connectivity index is 0.00000392. The molecule has 2 aromatic carbocycles. The van der Waals surface area contributed by atoms with Crippen LogP contribution in [0.5, 0.6) is 0 Å². The van der Waals surface area contributed by atoms with Crippen LogP contribution in [-0.4, -0.2) is 38.3 Å². The van der Waals surface area contributed by atoms with E-state index in [1.54, 1.807) is 0 Å². The van der Waals surface area contributed by atoms with E-state index in [-0.39, 0.29) is 24.0 Å². The molecule has 0 aliphatic rings. The summed E-state index contributed by atoms with van der Waals surface area (Å²) < 4.78 is 0. The average Bonchev–Trinajstić information content (AvgIpc) is 2.67. The van der Waals surface area contributed by atoms with Crippen LogP contribution < -0.4 is 15.5 Å². The van der Waals surface area contributed by atoms with E-state index >= 15 is 0 Å². The molecule has 0 aromatic heterocycles. The average molecular weight is 496 g/mol. The lowest BCUT2D eigenvalue weighted by Crippen LogP contribution is -2.38. The second kappa shape index (κ2) is 12.6. The topological polar surface area (TPSA) is 59.9 Å². The number of aliphatic hydroxyl groups is 1. The van der Waals surface area contributed by atoms with Gasteiger partial charge >= 0.3 is 0 Å². The highest BCUT2D eigenvalue weighted by atomic mass is 127. The van der Waals surface area contributed by atoms with Gasteiger partial charge in [-0.3, -0.25) is 0 Å². The van der Waals surface area contributed by atoms with E-state index in [1.807, 2.05) is 51.4 Å². The lowest BCUT2D eigenvalue weighted by Gasteiger charge is -2.16. The Labute approximate surface area is 186 Å². The van der Waals surface area contributed by atoms with E-state index < -0.39 is 6.10 Å². The number of anilines is 1. The molecular weight excluding hydrogens is 463 g/mol. The van der Waals surface area contributed by atoms with E-state index in [0.717, 1.165) is 18.1 Å². The fourth-order valence-corrected chi connectivity index (χ4v) is 2.81. The molecule has 2 aromatic rings. The number of halogens is 1. The standard InChI is InChI=1S/C22H32N4O.HI/c1-5-23-22(24-14-13-21(27)18-9-7-6-8-10-18)25-16-19-11-12-20(26(3)4)15-17(19)2;/h6-12,15,21,27H,5,13-14,16H2,1-4H3,(H2,23,24,25);1H. The smallest absolute Gasteiger partial charge is 0.191 e. The van der Waals surface area contributed by atoms with Crippen LogP contribution in [-0.2, 0) is 6.54 Å². The Morgan fingerprint density at radius 1 is 1.11 bits per heavy atom. The fraction of sp³-hybridized carbons (Fsp3) is 0.409. The van der Waals surface area contributed by atoms with Crippen molar-refractivity contribution >= 4 is 35.6 Å². The Bertz CT molecular complexity index is 735. The predicted octanol–water partition coefficient (Wildman–Crippen LogP) is 3.86. The number of nitrogens with one attached hydrogen (secondary N) is 2. The maximum absolute atomic E-state index is 10.3. The van der Waals surface area contributed by atoms with Gasteiger partial charge < -0.3 is 20.6 Å². The monoisotopic (exact) mass is 496 g/mol. The Morgan fingerprint density at radius 2 is 1.82 bits per heavy atom. The van der Waals surface area contributed by atoms with Gasteiger partial charge in [0, 0.05) is 32.9 Å². The highest BCUT2D eigenvalue weighted by molar-refractivity contribution is 14.0. The molecule has 154 valence electrons. The van der Waals surface area contributed by atoms with Crippen molar-refractivity contribution in [3.05, 3.63) is 65.2 Å². The van der Waals surface area contributed by atoms with Gasteiger partial charge in [-0.15, -0.1) is 24.0 Å². The van der Waals surface area contributed by atoms with Crippen LogP contribution in [0, 0.1) is 6.92 Å². The van der Waals surface area contributed by atoms with Gasteiger partial charge in [0.1, 0.15) is 0 Å². The molecule has 0 amide bonds. The second-order valence-electron chi connectivity index (χ2n) is 6.84. The molecule has 0 fully saturated rings. The molecule has 0 aliphatic heterocycles. The number of rotatable bonds is 8. The SMILES string of the molecule is CCNC(=NCc1ccc(N(C)C)cc1C)NCCC(O)c1ccccc1.I. The fourth-order valence-electron chi connectivity index (χ4n) is 2.81. The molecule has 5 nitrogen and oxygen atoms in total. The van der Waals surface area contributed by atoms with E-state index in [2.05, 4.69) is 45.6 Å². The maximum Gasteiger partial charge on any atom is 0.191 e. The van der Waals surface area contributed by atoms with Crippen molar-refractivity contribution in [3.8, 4) is 0 Å². The summed E-state index contributed by atoms with van der Waals surface area (Å²) in [7, 11) is 4.09. The van der Waals surface area contributed by atoms with Gasteiger partial charge in [0.25, 0.3) is 0 Å².